The van der Waals surface area contributed by atoms with Gasteiger partial charge in [0.1, 0.15) is 17.6 Å². The van der Waals surface area contributed by atoms with Crippen molar-refractivity contribution in [3.05, 3.63) is 30.2 Å². The van der Waals surface area contributed by atoms with Gasteiger partial charge in [-0.05, 0) is 12.1 Å². The van der Waals surface area contributed by atoms with Crippen molar-refractivity contribution >= 4 is 16.9 Å². The topological polar surface area (TPSA) is 117 Å². The number of anilines is 1. The number of H-pyrrole nitrogens is 1. The maximum absolute atomic E-state index is 8.89. The fraction of sp³-hybridized carbons (Fsp3) is 0. The summed E-state index contributed by atoms with van der Waals surface area (Å²) in [7, 11) is 0. The van der Waals surface area contributed by atoms with Gasteiger partial charge in [-0.3, -0.25) is 10.1 Å². The van der Waals surface area contributed by atoms with Gasteiger partial charge in [0.25, 0.3) is 0 Å². The van der Waals surface area contributed by atoms with Gasteiger partial charge in [-0.15, -0.1) is 0 Å². The van der Waals surface area contributed by atoms with Crippen LogP contribution in [0.5, 0.6) is 0 Å². The van der Waals surface area contributed by atoms with Gasteiger partial charge in [-0.1, -0.05) is 0 Å². The molecular formula is C11H7N7. The predicted molar refractivity (Wildman–Crippen MR) is 64.0 cm³/mol. The van der Waals surface area contributed by atoms with Crippen molar-refractivity contribution in [3.63, 3.8) is 0 Å². The molecule has 86 valence electrons. The minimum absolute atomic E-state index is 0.233. The van der Waals surface area contributed by atoms with Crippen molar-refractivity contribution in [2.75, 3.05) is 5.73 Å². The van der Waals surface area contributed by atoms with Gasteiger partial charge in [-0.2, -0.15) is 10.4 Å². The zero-order valence-corrected chi connectivity index (χ0v) is 9.12. The van der Waals surface area contributed by atoms with Crippen LogP contribution in [0.4, 0.5) is 5.82 Å². The highest BCUT2D eigenvalue weighted by Crippen LogP contribution is 2.23. The van der Waals surface area contributed by atoms with Crippen LogP contribution in [0.3, 0.4) is 0 Å². The first-order chi connectivity index (χ1) is 8.79. The zero-order chi connectivity index (χ0) is 12.5. The Morgan fingerprint density at radius 1 is 1.22 bits per heavy atom. The standard InChI is InChI=1S/C11H7N7/c12-5-7-8-9(13)15-10(16-11(8)18-17-7)6-1-3-14-4-2-6/h1-4H,(H3,13,15,16,17,18). The molecule has 0 amide bonds. The van der Waals surface area contributed by atoms with E-state index >= 15 is 0 Å². The van der Waals surface area contributed by atoms with Gasteiger partial charge in [0, 0.05) is 18.0 Å². The second kappa shape index (κ2) is 3.78. The molecule has 0 spiro atoms. The molecule has 0 atom stereocenters. The molecule has 0 bridgehead atoms. The summed E-state index contributed by atoms with van der Waals surface area (Å²) in [6.45, 7) is 0. The number of nitrogens with two attached hydrogens (primary N) is 1. The molecule has 3 rings (SSSR count). The number of nitrogen functional groups attached to an aromatic ring is 1. The van der Waals surface area contributed by atoms with E-state index in [0.717, 1.165) is 5.56 Å². The van der Waals surface area contributed by atoms with Gasteiger partial charge < -0.3 is 5.73 Å². The Bertz CT molecular complexity index is 754. The Balaban J connectivity index is 2.27. The van der Waals surface area contributed by atoms with E-state index in [9.17, 15) is 0 Å². The fourth-order valence-corrected chi connectivity index (χ4v) is 1.66. The Labute approximate surface area is 101 Å². The molecular weight excluding hydrogens is 230 g/mol. The molecule has 0 aliphatic rings. The van der Waals surface area contributed by atoms with Crippen LogP contribution in [0.25, 0.3) is 22.4 Å². The van der Waals surface area contributed by atoms with E-state index in [-0.39, 0.29) is 11.5 Å². The quantitative estimate of drug-likeness (QED) is 0.648. The normalized spacial score (nSPS) is 10.4. The summed E-state index contributed by atoms with van der Waals surface area (Å²) >= 11 is 0. The van der Waals surface area contributed by atoms with Gasteiger partial charge in [0.2, 0.25) is 0 Å². The average molecular weight is 237 g/mol. The molecule has 7 heteroatoms. The molecule has 0 saturated carbocycles. The van der Waals surface area contributed by atoms with Crippen LogP contribution in [0.15, 0.2) is 24.5 Å². The van der Waals surface area contributed by atoms with Gasteiger partial charge in [-0.25, -0.2) is 9.97 Å². The van der Waals surface area contributed by atoms with E-state index in [1.165, 1.54) is 0 Å². The highest BCUT2D eigenvalue weighted by atomic mass is 15.2. The zero-order valence-electron chi connectivity index (χ0n) is 9.12. The number of rotatable bonds is 1. The monoisotopic (exact) mass is 237 g/mol. The number of nitrogens with one attached hydrogen (secondary N) is 1. The first kappa shape index (κ1) is 10.2. The average Bonchev–Trinajstić information content (AvgIpc) is 2.83. The summed E-state index contributed by atoms with van der Waals surface area (Å²) in [4.78, 5) is 12.4. The van der Waals surface area contributed by atoms with Gasteiger partial charge in [0.15, 0.2) is 11.5 Å². The van der Waals surface area contributed by atoms with Crippen LogP contribution < -0.4 is 5.73 Å². The number of aromatic nitrogens is 5. The third-order valence-corrected chi connectivity index (χ3v) is 2.49. The predicted octanol–water partition coefficient (Wildman–Crippen LogP) is 0.869. The maximum atomic E-state index is 8.89. The highest BCUT2D eigenvalue weighted by Gasteiger charge is 2.13. The van der Waals surface area contributed by atoms with E-state index in [1.54, 1.807) is 24.5 Å². The summed E-state index contributed by atoms with van der Waals surface area (Å²) in [5.41, 5.74) is 7.28. The summed E-state index contributed by atoms with van der Waals surface area (Å²) in [5.74, 6) is 0.690. The molecule has 18 heavy (non-hydrogen) atoms. The fourth-order valence-electron chi connectivity index (χ4n) is 1.66. The minimum atomic E-state index is 0.233. The molecule has 0 aliphatic heterocycles. The summed E-state index contributed by atoms with van der Waals surface area (Å²) in [5, 5.41) is 15.9. The highest BCUT2D eigenvalue weighted by molar-refractivity contribution is 5.91. The lowest BCUT2D eigenvalue weighted by atomic mass is 10.2. The van der Waals surface area contributed by atoms with Crippen molar-refractivity contribution in [1.29, 1.82) is 5.26 Å². The minimum Gasteiger partial charge on any atom is -0.383 e. The molecule has 3 aromatic heterocycles. The number of hydrogen-bond donors (Lipinski definition) is 2. The molecule has 0 fully saturated rings. The number of aromatic amines is 1. The lowest BCUT2D eigenvalue weighted by molar-refractivity contribution is 1.08. The molecule has 3 heterocycles. The summed E-state index contributed by atoms with van der Waals surface area (Å²) in [6.07, 6.45) is 3.29. The second-order valence-electron chi connectivity index (χ2n) is 3.58. The van der Waals surface area contributed by atoms with Crippen LogP contribution in [0.2, 0.25) is 0 Å². The Hall–Kier alpha value is -3.01. The van der Waals surface area contributed by atoms with Crippen LogP contribution in [-0.2, 0) is 0 Å². The number of pyridine rings is 1. The molecule has 3 aromatic rings. The van der Waals surface area contributed by atoms with Crippen LogP contribution in [0.1, 0.15) is 5.69 Å². The largest absolute Gasteiger partial charge is 0.383 e. The van der Waals surface area contributed by atoms with E-state index in [0.29, 0.717) is 16.9 Å². The van der Waals surface area contributed by atoms with E-state index in [4.69, 9.17) is 11.0 Å². The summed E-state index contributed by atoms with van der Waals surface area (Å²) < 4.78 is 0. The molecule has 0 radical (unpaired) electrons. The molecule has 7 nitrogen and oxygen atoms in total. The summed E-state index contributed by atoms with van der Waals surface area (Å²) in [6, 6.07) is 5.51. The Kier molecular flexibility index (Phi) is 2.13. The molecule has 0 unspecified atom stereocenters. The maximum Gasteiger partial charge on any atom is 0.188 e. The second-order valence-corrected chi connectivity index (χ2v) is 3.58. The molecule has 0 aliphatic carbocycles. The first-order valence-corrected chi connectivity index (χ1v) is 5.11. The van der Waals surface area contributed by atoms with Crippen LogP contribution in [-0.4, -0.2) is 25.1 Å². The Morgan fingerprint density at radius 2 is 2.00 bits per heavy atom. The van der Waals surface area contributed by atoms with Crippen LogP contribution in [0, 0.1) is 11.3 Å². The van der Waals surface area contributed by atoms with Crippen molar-refractivity contribution in [1.82, 2.24) is 25.1 Å². The first-order valence-electron chi connectivity index (χ1n) is 5.11. The van der Waals surface area contributed by atoms with Crippen molar-refractivity contribution in [2.24, 2.45) is 0 Å². The van der Waals surface area contributed by atoms with Crippen molar-refractivity contribution in [2.45, 2.75) is 0 Å². The lowest BCUT2D eigenvalue weighted by Gasteiger charge is -2.01. The number of nitrogens with zero attached hydrogens (tertiary/aromatic N) is 5. The molecule has 0 saturated heterocycles. The third kappa shape index (κ3) is 1.44. The van der Waals surface area contributed by atoms with E-state index < -0.39 is 0 Å². The van der Waals surface area contributed by atoms with Gasteiger partial charge in [0.05, 0.1) is 5.39 Å². The van der Waals surface area contributed by atoms with Crippen molar-refractivity contribution < 1.29 is 0 Å². The number of hydrogen-bond acceptors (Lipinski definition) is 6. The SMILES string of the molecule is N#Cc1[nH]nc2nc(-c3ccncc3)nc(N)c12. The molecule has 3 N–H and O–H groups in total. The van der Waals surface area contributed by atoms with E-state index in [2.05, 4.69) is 25.1 Å². The number of fused-ring (bicyclic) bond motifs is 1. The smallest absolute Gasteiger partial charge is 0.188 e. The Morgan fingerprint density at radius 3 is 2.72 bits per heavy atom. The van der Waals surface area contributed by atoms with Crippen molar-refractivity contribution in [3.8, 4) is 17.5 Å². The van der Waals surface area contributed by atoms with Crippen LogP contribution >= 0.6 is 0 Å². The molecule has 0 aromatic carbocycles. The third-order valence-electron chi connectivity index (χ3n) is 2.49. The lowest BCUT2D eigenvalue weighted by Crippen LogP contribution is -1.97. The van der Waals surface area contributed by atoms with E-state index in [1.807, 2.05) is 6.07 Å². The van der Waals surface area contributed by atoms with Gasteiger partial charge >= 0.3 is 0 Å². The number of nitriles is 1.